The van der Waals surface area contributed by atoms with E-state index in [1.165, 1.54) is 29.5 Å². The van der Waals surface area contributed by atoms with Crippen LogP contribution in [0.5, 0.6) is 0 Å². The van der Waals surface area contributed by atoms with Crippen LogP contribution in [0.3, 0.4) is 0 Å². The van der Waals surface area contributed by atoms with E-state index < -0.39 is 0 Å². The van der Waals surface area contributed by atoms with E-state index in [1.807, 2.05) is 11.4 Å². The largest absolute Gasteiger partial charge is 0.384 e. The molecule has 1 amide bonds. The maximum atomic E-state index is 13.0. The normalized spacial score (nSPS) is 9.86. The van der Waals surface area contributed by atoms with Crippen LogP contribution in [0.15, 0.2) is 29.6 Å². The zero-order valence-electron chi connectivity index (χ0n) is 11.4. The van der Waals surface area contributed by atoms with Gasteiger partial charge in [0.1, 0.15) is 12.4 Å². The number of benzene rings is 1. The minimum Gasteiger partial charge on any atom is -0.384 e. The van der Waals surface area contributed by atoms with Crippen LogP contribution in [0.4, 0.5) is 4.39 Å². The van der Waals surface area contributed by atoms with Crippen LogP contribution in [0.1, 0.15) is 26.4 Å². The Balaban J connectivity index is 2.06. The summed E-state index contributed by atoms with van der Waals surface area (Å²) in [6.07, 6.45) is 0. The van der Waals surface area contributed by atoms with Gasteiger partial charge in [0.15, 0.2) is 0 Å². The van der Waals surface area contributed by atoms with Crippen molar-refractivity contribution in [2.75, 3.05) is 6.61 Å². The molecule has 21 heavy (non-hydrogen) atoms. The number of halogens is 1. The van der Waals surface area contributed by atoms with E-state index in [-0.39, 0.29) is 18.3 Å². The van der Waals surface area contributed by atoms with E-state index >= 15 is 0 Å². The lowest BCUT2D eigenvalue weighted by atomic mass is 10.1. The number of aliphatic hydroxyl groups is 1. The molecule has 0 fully saturated rings. The molecule has 2 N–H and O–H groups in total. The number of carbonyl (C=O) groups excluding carboxylic acids is 1. The number of aryl methyl sites for hydroxylation is 1. The molecule has 0 spiro atoms. The Bertz CT molecular complexity index is 713. The fourth-order valence-corrected chi connectivity index (χ4v) is 2.63. The van der Waals surface area contributed by atoms with Crippen molar-refractivity contribution in [3.63, 3.8) is 0 Å². The molecule has 1 aromatic carbocycles. The van der Waals surface area contributed by atoms with Crippen molar-refractivity contribution in [1.82, 2.24) is 5.32 Å². The number of rotatable bonds is 3. The standard InChI is InChI=1S/C16H14FNO2S/c1-11-9-13(17)4-5-14(11)16(20)18-10-15-12(3-2-7-19)6-8-21-15/h4-6,8-9,19H,7,10H2,1H3,(H,18,20). The molecule has 108 valence electrons. The van der Waals surface area contributed by atoms with Crippen molar-refractivity contribution in [3.8, 4) is 11.8 Å². The first-order valence-corrected chi connectivity index (χ1v) is 7.20. The zero-order chi connectivity index (χ0) is 15.2. The number of hydrogen-bond acceptors (Lipinski definition) is 3. The Hall–Kier alpha value is -2.16. The summed E-state index contributed by atoms with van der Waals surface area (Å²) in [5.74, 6) is 4.81. The average Bonchev–Trinajstić information content (AvgIpc) is 2.90. The molecular formula is C16H14FNO2S. The van der Waals surface area contributed by atoms with Gasteiger partial charge >= 0.3 is 0 Å². The molecule has 0 unspecified atom stereocenters. The van der Waals surface area contributed by atoms with E-state index in [4.69, 9.17) is 5.11 Å². The van der Waals surface area contributed by atoms with Gasteiger partial charge in [0.25, 0.3) is 5.91 Å². The van der Waals surface area contributed by atoms with Crippen molar-refractivity contribution >= 4 is 17.2 Å². The first-order valence-electron chi connectivity index (χ1n) is 6.32. The van der Waals surface area contributed by atoms with Gasteiger partial charge in [0.05, 0.1) is 6.54 Å². The molecule has 0 aliphatic heterocycles. The zero-order valence-corrected chi connectivity index (χ0v) is 12.3. The van der Waals surface area contributed by atoms with Crippen molar-refractivity contribution in [3.05, 3.63) is 57.0 Å². The van der Waals surface area contributed by atoms with Crippen LogP contribution in [-0.4, -0.2) is 17.6 Å². The molecule has 5 heteroatoms. The van der Waals surface area contributed by atoms with E-state index in [9.17, 15) is 9.18 Å². The number of thiophene rings is 1. The highest BCUT2D eigenvalue weighted by Gasteiger charge is 2.10. The number of hydrogen-bond donors (Lipinski definition) is 2. The SMILES string of the molecule is Cc1cc(F)ccc1C(=O)NCc1sccc1C#CCO. The first-order chi connectivity index (χ1) is 10.1. The molecular weight excluding hydrogens is 289 g/mol. The maximum Gasteiger partial charge on any atom is 0.251 e. The van der Waals surface area contributed by atoms with Crippen LogP contribution >= 0.6 is 11.3 Å². The Morgan fingerprint density at radius 3 is 2.95 bits per heavy atom. The van der Waals surface area contributed by atoms with Crippen molar-refractivity contribution < 1.29 is 14.3 Å². The summed E-state index contributed by atoms with van der Waals surface area (Å²) in [5.41, 5.74) is 1.85. The molecule has 3 nitrogen and oxygen atoms in total. The van der Waals surface area contributed by atoms with Crippen LogP contribution in [-0.2, 0) is 6.54 Å². The molecule has 0 saturated heterocycles. The third-order valence-electron chi connectivity index (χ3n) is 2.89. The van der Waals surface area contributed by atoms with Crippen LogP contribution in [0, 0.1) is 24.6 Å². The van der Waals surface area contributed by atoms with Crippen LogP contribution in [0.25, 0.3) is 0 Å². The van der Waals surface area contributed by atoms with Crippen molar-refractivity contribution in [2.45, 2.75) is 13.5 Å². The van der Waals surface area contributed by atoms with Gasteiger partial charge in [-0.15, -0.1) is 11.3 Å². The van der Waals surface area contributed by atoms with Crippen molar-refractivity contribution in [1.29, 1.82) is 0 Å². The predicted octanol–water partition coefficient (Wildman–Crippen LogP) is 2.47. The number of aliphatic hydroxyl groups excluding tert-OH is 1. The highest BCUT2D eigenvalue weighted by molar-refractivity contribution is 7.10. The molecule has 0 aliphatic carbocycles. The van der Waals surface area contributed by atoms with Crippen LogP contribution < -0.4 is 5.32 Å². The van der Waals surface area contributed by atoms with Gasteiger partial charge < -0.3 is 10.4 Å². The summed E-state index contributed by atoms with van der Waals surface area (Å²) < 4.78 is 13.0. The topological polar surface area (TPSA) is 49.3 Å². The smallest absolute Gasteiger partial charge is 0.251 e. The molecule has 2 aromatic rings. The fourth-order valence-electron chi connectivity index (χ4n) is 1.86. The lowest BCUT2D eigenvalue weighted by molar-refractivity contribution is 0.0950. The van der Waals surface area contributed by atoms with Crippen LogP contribution in [0.2, 0.25) is 0 Å². The lowest BCUT2D eigenvalue weighted by Crippen LogP contribution is -2.23. The summed E-state index contributed by atoms with van der Waals surface area (Å²) in [6.45, 7) is 1.85. The van der Waals surface area contributed by atoms with E-state index in [2.05, 4.69) is 17.2 Å². The summed E-state index contributed by atoms with van der Waals surface area (Å²) >= 11 is 1.48. The minimum atomic E-state index is -0.358. The van der Waals surface area contributed by atoms with Gasteiger partial charge in [-0.1, -0.05) is 11.8 Å². The summed E-state index contributed by atoms with van der Waals surface area (Å²) in [6, 6.07) is 5.92. The highest BCUT2D eigenvalue weighted by Crippen LogP contribution is 2.16. The van der Waals surface area contributed by atoms with Crippen molar-refractivity contribution in [2.24, 2.45) is 0 Å². The monoisotopic (exact) mass is 303 g/mol. The summed E-state index contributed by atoms with van der Waals surface area (Å²) in [5, 5.41) is 13.4. The molecule has 0 radical (unpaired) electrons. The third kappa shape index (κ3) is 3.91. The summed E-state index contributed by atoms with van der Waals surface area (Å²) in [4.78, 5) is 13.0. The fraction of sp³-hybridized carbons (Fsp3) is 0.188. The van der Waals surface area contributed by atoms with Gasteiger partial charge in [-0.25, -0.2) is 4.39 Å². The number of carbonyl (C=O) groups is 1. The second-order valence-electron chi connectivity index (χ2n) is 4.36. The Labute approximate surface area is 126 Å². The molecule has 1 heterocycles. The molecule has 2 rings (SSSR count). The van der Waals surface area contributed by atoms with E-state index in [0.717, 1.165) is 10.4 Å². The Morgan fingerprint density at radius 2 is 2.24 bits per heavy atom. The second-order valence-corrected chi connectivity index (χ2v) is 5.36. The van der Waals surface area contributed by atoms with Gasteiger partial charge in [0, 0.05) is 16.0 Å². The molecule has 0 saturated carbocycles. The van der Waals surface area contributed by atoms with E-state index in [1.54, 1.807) is 6.92 Å². The first kappa shape index (κ1) is 15.2. The quantitative estimate of drug-likeness (QED) is 0.856. The second kappa shape index (κ2) is 7.02. The van der Waals surface area contributed by atoms with Gasteiger partial charge in [-0.2, -0.15) is 0 Å². The third-order valence-corrected chi connectivity index (χ3v) is 3.81. The molecule has 0 bridgehead atoms. The number of nitrogens with one attached hydrogen (secondary N) is 1. The molecule has 0 atom stereocenters. The van der Waals surface area contributed by atoms with Gasteiger partial charge in [-0.05, 0) is 42.1 Å². The Morgan fingerprint density at radius 1 is 1.43 bits per heavy atom. The molecule has 0 aliphatic rings. The average molecular weight is 303 g/mol. The maximum absolute atomic E-state index is 13.0. The number of amides is 1. The lowest BCUT2D eigenvalue weighted by Gasteiger charge is -2.07. The molecule has 1 aromatic heterocycles. The highest BCUT2D eigenvalue weighted by atomic mass is 32.1. The van der Waals surface area contributed by atoms with Gasteiger partial charge in [-0.3, -0.25) is 4.79 Å². The summed E-state index contributed by atoms with van der Waals surface area (Å²) in [7, 11) is 0. The van der Waals surface area contributed by atoms with E-state index in [0.29, 0.717) is 17.7 Å². The van der Waals surface area contributed by atoms with Gasteiger partial charge in [0.2, 0.25) is 0 Å². The Kier molecular flexibility index (Phi) is 5.09. The minimum absolute atomic E-state index is 0.198. The predicted molar refractivity (Wildman–Crippen MR) is 80.6 cm³/mol.